The number of hydrogen-bond acceptors (Lipinski definition) is 2. The third-order valence-electron chi connectivity index (χ3n) is 2.32. The molecule has 1 aliphatic rings. The Morgan fingerprint density at radius 3 is 2.38 bits per heavy atom. The van der Waals surface area contributed by atoms with Crippen LogP contribution in [-0.4, -0.2) is 24.2 Å². The molecule has 1 amide bonds. The Kier molecular flexibility index (Phi) is 2.45. The number of nitrogens with one attached hydrogen (secondary N) is 1. The van der Waals surface area contributed by atoms with Crippen LogP contribution in [-0.2, 0) is 4.74 Å². The van der Waals surface area contributed by atoms with Crippen molar-refractivity contribution in [2.45, 2.75) is 38.2 Å². The topological polar surface area (TPSA) is 38.3 Å². The average Bonchev–Trinajstić information content (AvgIpc) is 2.54. The first-order chi connectivity index (χ1) is 5.97. The van der Waals surface area contributed by atoms with Gasteiger partial charge in [0.2, 0.25) is 0 Å². The van der Waals surface area contributed by atoms with E-state index in [9.17, 15) is 13.6 Å². The van der Waals surface area contributed by atoms with Gasteiger partial charge in [0.1, 0.15) is 5.54 Å². The van der Waals surface area contributed by atoms with Crippen molar-refractivity contribution in [1.29, 1.82) is 0 Å². The summed E-state index contributed by atoms with van der Waals surface area (Å²) in [5.41, 5.74) is -1.35. The molecule has 5 heteroatoms. The highest BCUT2D eigenvalue weighted by atomic mass is 19.3. The highest BCUT2D eigenvalue weighted by Crippen LogP contribution is 2.54. The van der Waals surface area contributed by atoms with Gasteiger partial charge >= 0.3 is 6.09 Å². The molecule has 0 bridgehead atoms. The van der Waals surface area contributed by atoms with Crippen molar-refractivity contribution >= 4 is 6.09 Å². The molecule has 1 rings (SSSR count). The van der Waals surface area contributed by atoms with Crippen LogP contribution in [0.4, 0.5) is 13.6 Å². The second kappa shape index (κ2) is 3.12. The number of amides is 1. The second-order valence-corrected chi connectivity index (χ2v) is 3.16. The van der Waals surface area contributed by atoms with E-state index in [1.54, 1.807) is 13.8 Å². The molecule has 1 aliphatic carbocycles. The standard InChI is InChI=1S/C8H13F2NO2/c1-3-7(5-8(7,9)10)11-6(12)13-4-2/h3-5H2,1-2H3,(H,11,12)/t7-/m0/s1. The van der Waals surface area contributed by atoms with Crippen LogP contribution in [0.2, 0.25) is 0 Å². The highest BCUT2D eigenvalue weighted by Gasteiger charge is 2.71. The number of alkyl halides is 2. The first-order valence-corrected chi connectivity index (χ1v) is 4.30. The first kappa shape index (κ1) is 10.2. The van der Waals surface area contributed by atoms with Gasteiger partial charge in [0.15, 0.2) is 0 Å². The smallest absolute Gasteiger partial charge is 0.407 e. The molecule has 1 saturated carbocycles. The van der Waals surface area contributed by atoms with E-state index >= 15 is 0 Å². The molecule has 13 heavy (non-hydrogen) atoms. The van der Waals surface area contributed by atoms with Gasteiger partial charge < -0.3 is 10.1 Å². The lowest BCUT2D eigenvalue weighted by molar-refractivity contribution is 0.0716. The maximum absolute atomic E-state index is 12.8. The minimum absolute atomic E-state index is 0.192. The van der Waals surface area contributed by atoms with Crippen molar-refractivity contribution in [1.82, 2.24) is 5.32 Å². The van der Waals surface area contributed by atoms with Crippen LogP contribution in [0.3, 0.4) is 0 Å². The van der Waals surface area contributed by atoms with Gasteiger partial charge in [-0.1, -0.05) is 6.92 Å². The van der Waals surface area contributed by atoms with Gasteiger partial charge in [0.05, 0.1) is 6.61 Å². The lowest BCUT2D eigenvalue weighted by Gasteiger charge is -2.15. The van der Waals surface area contributed by atoms with Crippen molar-refractivity contribution < 1.29 is 18.3 Å². The Bertz CT molecular complexity index is 220. The van der Waals surface area contributed by atoms with Crippen molar-refractivity contribution in [2.24, 2.45) is 0 Å². The molecule has 0 aromatic heterocycles. The maximum atomic E-state index is 12.8. The summed E-state index contributed by atoms with van der Waals surface area (Å²) in [4.78, 5) is 10.9. The monoisotopic (exact) mass is 193 g/mol. The molecule has 0 spiro atoms. The van der Waals surface area contributed by atoms with Gasteiger partial charge in [-0.2, -0.15) is 0 Å². The lowest BCUT2D eigenvalue weighted by atomic mass is 10.2. The maximum Gasteiger partial charge on any atom is 0.407 e. The minimum atomic E-state index is -2.77. The van der Waals surface area contributed by atoms with Gasteiger partial charge in [-0.05, 0) is 13.3 Å². The van der Waals surface area contributed by atoms with E-state index in [0.717, 1.165) is 0 Å². The van der Waals surface area contributed by atoms with Gasteiger partial charge in [0, 0.05) is 6.42 Å². The summed E-state index contributed by atoms with van der Waals surface area (Å²) in [7, 11) is 0. The Hall–Kier alpha value is -0.870. The van der Waals surface area contributed by atoms with Crippen LogP contribution in [0.5, 0.6) is 0 Å². The summed E-state index contributed by atoms with van der Waals surface area (Å²) in [5.74, 6) is -2.77. The summed E-state index contributed by atoms with van der Waals surface area (Å²) in [5, 5.41) is 2.20. The van der Waals surface area contributed by atoms with E-state index in [0.29, 0.717) is 0 Å². The Morgan fingerprint density at radius 2 is 2.08 bits per heavy atom. The Balaban J connectivity index is 2.48. The number of carbonyl (C=O) groups is 1. The van der Waals surface area contributed by atoms with E-state index in [1.165, 1.54) is 0 Å². The number of hydrogen-bond donors (Lipinski definition) is 1. The van der Waals surface area contributed by atoms with Crippen LogP contribution in [0, 0.1) is 0 Å². The number of ether oxygens (including phenoxy) is 1. The van der Waals surface area contributed by atoms with E-state index < -0.39 is 17.6 Å². The first-order valence-electron chi connectivity index (χ1n) is 4.30. The van der Waals surface area contributed by atoms with Crippen molar-refractivity contribution in [2.75, 3.05) is 6.61 Å². The predicted octanol–water partition coefficient (Wildman–Crippen LogP) is 1.92. The summed E-state index contributed by atoms with van der Waals surface area (Å²) in [6, 6.07) is 0. The van der Waals surface area contributed by atoms with Crippen molar-refractivity contribution in [3.63, 3.8) is 0 Å². The number of alkyl carbamates (subject to hydrolysis) is 1. The molecule has 1 fully saturated rings. The molecule has 0 aromatic rings. The number of rotatable bonds is 3. The molecular formula is C8H13F2NO2. The zero-order valence-electron chi connectivity index (χ0n) is 7.69. The molecule has 0 heterocycles. The fourth-order valence-corrected chi connectivity index (χ4v) is 1.31. The van der Waals surface area contributed by atoms with Crippen LogP contribution < -0.4 is 5.32 Å². The van der Waals surface area contributed by atoms with Crippen LogP contribution in [0.25, 0.3) is 0 Å². The SMILES string of the molecule is CCOC(=O)N[C@@]1(CC)CC1(F)F. The third kappa shape index (κ3) is 1.73. The zero-order valence-corrected chi connectivity index (χ0v) is 7.69. The van der Waals surface area contributed by atoms with Gasteiger partial charge in [-0.15, -0.1) is 0 Å². The molecular weight excluding hydrogens is 180 g/mol. The largest absolute Gasteiger partial charge is 0.450 e. The van der Waals surface area contributed by atoms with Gasteiger partial charge in [-0.3, -0.25) is 0 Å². The molecule has 0 aliphatic heterocycles. The zero-order chi connectivity index (χ0) is 10.1. The summed E-state index contributed by atoms with van der Waals surface area (Å²) < 4.78 is 30.1. The molecule has 0 aromatic carbocycles. The highest BCUT2D eigenvalue weighted by molar-refractivity contribution is 5.69. The van der Waals surface area contributed by atoms with E-state index in [1.807, 2.05) is 0 Å². The lowest BCUT2D eigenvalue weighted by Crippen LogP contribution is -2.41. The normalized spacial score (nSPS) is 29.5. The summed E-state index contributed by atoms with van der Waals surface area (Å²) in [6.45, 7) is 3.44. The second-order valence-electron chi connectivity index (χ2n) is 3.16. The van der Waals surface area contributed by atoms with E-state index in [4.69, 9.17) is 0 Å². The molecule has 0 unspecified atom stereocenters. The molecule has 1 atom stereocenters. The fraction of sp³-hybridized carbons (Fsp3) is 0.875. The number of halogens is 2. The van der Waals surface area contributed by atoms with Crippen LogP contribution >= 0.6 is 0 Å². The van der Waals surface area contributed by atoms with Crippen LogP contribution in [0.1, 0.15) is 26.7 Å². The van der Waals surface area contributed by atoms with Gasteiger partial charge in [-0.25, -0.2) is 13.6 Å². The minimum Gasteiger partial charge on any atom is -0.450 e. The van der Waals surface area contributed by atoms with Crippen LogP contribution in [0.15, 0.2) is 0 Å². The van der Waals surface area contributed by atoms with E-state index in [2.05, 4.69) is 10.1 Å². The molecule has 1 N–H and O–H groups in total. The third-order valence-corrected chi connectivity index (χ3v) is 2.32. The quantitative estimate of drug-likeness (QED) is 0.743. The predicted molar refractivity (Wildman–Crippen MR) is 42.7 cm³/mol. The van der Waals surface area contributed by atoms with Gasteiger partial charge in [0.25, 0.3) is 5.92 Å². The summed E-state index contributed by atoms with van der Waals surface area (Å²) >= 11 is 0. The average molecular weight is 193 g/mol. The van der Waals surface area contributed by atoms with Crippen molar-refractivity contribution in [3.8, 4) is 0 Å². The molecule has 0 radical (unpaired) electrons. The van der Waals surface area contributed by atoms with E-state index in [-0.39, 0.29) is 19.4 Å². The Morgan fingerprint density at radius 1 is 1.54 bits per heavy atom. The number of carbonyl (C=O) groups excluding carboxylic acids is 1. The Labute approximate surface area is 75.4 Å². The molecule has 0 saturated heterocycles. The summed E-state index contributed by atoms with van der Waals surface area (Å²) in [6.07, 6.45) is -0.824. The van der Waals surface area contributed by atoms with Crippen molar-refractivity contribution in [3.05, 3.63) is 0 Å². The molecule has 3 nitrogen and oxygen atoms in total. The fourth-order valence-electron chi connectivity index (χ4n) is 1.31. The molecule has 76 valence electrons.